The molecule has 0 spiro atoms. The summed E-state index contributed by atoms with van der Waals surface area (Å²) in [6.07, 6.45) is 2.16. The molecule has 1 amide bonds. The molecule has 1 aromatic heterocycles. The van der Waals surface area contributed by atoms with Crippen LogP contribution in [0.2, 0.25) is 0 Å². The SMILES string of the molecule is CCC(C)NC(=O)Cn1cc(N)c(C(=O)O)n1. The maximum Gasteiger partial charge on any atom is 0.358 e. The van der Waals surface area contributed by atoms with Crippen LogP contribution in [0.15, 0.2) is 6.20 Å². The molecule has 7 heteroatoms. The van der Waals surface area contributed by atoms with Crippen LogP contribution >= 0.6 is 0 Å². The normalized spacial score (nSPS) is 12.1. The van der Waals surface area contributed by atoms with E-state index < -0.39 is 5.97 Å². The molecule has 0 fully saturated rings. The zero-order valence-electron chi connectivity index (χ0n) is 9.80. The van der Waals surface area contributed by atoms with Crippen molar-refractivity contribution in [2.45, 2.75) is 32.9 Å². The van der Waals surface area contributed by atoms with E-state index in [2.05, 4.69) is 10.4 Å². The number of nitrogen functional groups attached to an aromatic ring is 1. The summed E-state index contributed by atoms with van der Waals surface area (Å²) in [4.78, 5) is 22.2. The predicted molar refractivity (Wildman–Crippen MR) is 61.5 cm³/mol. The van der Waals surface area contributed by atoms with Gasteiger partial charge in [-0.1, -0.05) is 6.92 Å². The molecule has 1 heterocycles. The highest BCUT2D eigenvalue weighted by molar-refractivity contribution is 5.91. The third kappa shape index (κ3) is 3.47. The quantitative estimate of drug-likeness (QED) is 0.675. The van der Waals surface area contributed by atoms with Crippen LogP contribution in [0.3, 0.4) is 0 Å². The van der Waals surface area contributed by atoms with Crippen LogP contribution in [0.5, 0.6) is 0 Å². The molecular formula is C10H16N4O3. The van der Waals surface area contributed by atoms with Crippen molar-refractivity contribution in [1.82, 2.24) is 15.1 Å². The molecule has 1 aromatic rings. The first-order valence-electron chi connectivity index (χ1n) is 5.29. The second kappa shape index (κ2) is 5.33. The van der Waals surface area contributed by atoms with E-state index in [0.717, 1.165) is 6.42 Å². The first-order valence-corrected chi connectivity index (χ1v) is 5.29. The largest absolute Gasteiger partial charge is 0.476 e. The van der Waals surface area contributed by atoms with Gasteiger partial charge in [-0.2, -0.15) is 5.10 Å². The van der Waals surface area contributed by atoms with Crippen LogP contribution in [0.25, 0.3) is 0 Å². The van der Waals surface area contributed by atoms with Gasteiger partial charge in [0.05, 0.1) is 5.69 Å². The van der Waals surface area contributed by atoms with Crippen LogP contribution in [0.4, 0.5) is 5.69 Å². The number of rotatable bonds is 5. The molecule has 1 rings (SSSR count). The van der Waals surface area contributed by atoms with Gasteiger partial charge in [0, 0.05) is 12.2 Å². The van der Waals surface area contributed by atoms with Crippen molar-refractivity contribution in [3.05, 3.63) is 11.9 Å². The molecule has 0 radical (unpaired) electrons. The average Bonchev–Trinajstić information content (AvgIpc) is 2.59. The molecule has 0 aliphatic heterocycles. The Bertz CT molecular complexity index is 427. The Balaban J connectivity index is 2.66. The highest BCUT2D eigenvalue weighted by Crippen LogP contribution is 2.08. The minimum Gasteiger partial charge on any atom is -0.476 e. The molecular weight excluding hydrogens is 224 g/mol. The highest BCUT2D eigenvalue weighted by atomic mass is 16.4. The number of aromatic nitrogens is 2. The number of hydrogen-bond donors (Lipinski definition) is 3. The number of anilines is 1. The Morgan fingerprint density at radius 3 is 2.76 bits per heavy atom. The fourth-order valence-electron chi connectivity index (χ4n) is 1.25. The molecule has 0 saturated carbocycles. The number of carboxylic acids is 1. The third-order valence-corrected chi connectivity index (χ3v) is 2.32. The van der Waals surface area contributed by atoms with Crippen LogP contribution in [-0.4, -0.2) is 32.8 Å². The van der Waals surface area contributed by atoms with E-state index >= 15 is 0 Å². The topological polar surface area (TPSA) is 110 Å². The number of aromatic carboxylic acids is 1. The van der Waals surface area contributed by atoms with Gasteiger partial charge in [0.1, 0.15) is 6.54 Å². The van der Waals surface area contributed by atoms with E-state index in [9.17, 15) is 9.59 Å². The molecule has 1 unspecified atom stereocenters. The summed E-state index contributed by atoms with van der Waals surface area (Å²) in [6, 6.07) is 0.0781. The van der Waals surface area contributed by atoms with E-state index in [1.165, 1.54) is 10.9 Å². The number of hydrogen-bond acceptors (Lipinski definition) is 4. The summed E-state index contributed by atoms with van der Waals surface area (Å²) in [5.74, 6) is -1.43. The van der Waals surface area contributed by atoms with Crippen molar-refractivity contribution in [3.8, 4) is 0 Å². The third-order valence-electron chi connectivity index (χ3n) is 2.32. The van der Waals surface area contributed by atoms with Crippen molar-refractivity contribution in [2.75, 3.05) is 5.73 Å². The summed E-state index contributed by atoms with van der Waals surface area (Å²) in [7, 11) is 0. The summed E-state index contributed by atoms with van der Waals surface area (Å²) in [5.41, 5.74) is 5.26. The van der Waals surface area contributed by atoms with Gasteiger partial charge in [-0.25, -0.2) is 4.79 Å². The molecule has 0 bridgehead atoms. The predicted octanol–water partition coefficient (Wildman–Crippen LogP) is 0.0782. The summed E-state index contributed by atoms with van der Waals surface area (Å²) < 4.78 is 1.22. The van der Waals surface area contributed by atoms with Gasteiger partial charge in [-0.15, -0.1) is 0 Å². The van der Waals surface area contributed by atoms with Gasteiger partial charge in [-0.3, -0.25) is 9.48 Å². The van der Waals surface area contributed by atoms with E-state index in [1.54, 1.807) is 0 Å². The lowest BCUT2D eigenvalue weighted by Gasteiger charge is -2.10. The Hall–Kier alpha value is -2.05. The smallest absolute Gasteiger partial charge is 0.358 e. The molecule has 17 heavy (non-hydrogen) atoms. The Morgan fingerprint density at radius 2 is 2.29 bits per heavy atom. The van der Waals surface area contributed by atoms with Gasteiger partial charge < -0.3 is 16.2 Å². The van der Waals surface area contributed by atoms with Gasteiger partial charge in [0.25, 0.3) is 0 Å². The second-order valence-corrected chi connectivity index (χ2v) is 3.81. The minimum atomic E-state index is -1.21. The molecule has 0 aliphatic carbocycles. The molecule has 0 aromatic carbocycles. The summed E-state index contributed by atoms with van der Waals surface area (Å²) in [5, 5.41) is 15.2. The zero-order chi connectivity index (χ0) is 13.0. The number of carbonyl (C=O) groups is 2. The lowest BCUT2D eigenvalue weighted by molar-refractivity contribution is -0.122. The van der Waals surface area contributed by atoms with Gasteiger partial charge in [0.15, 0.2) is 5.69 Å². The van der Waals surface area contributed by atoms with E-state index in [0.29, 0.717) is 0 Å². The fourth-order valence-corrected chi connectivity index (χ4v) is 1.25. The first-order chi connectivity index (χ1) is 7.93. The maximum atomic E-state index is 11.5. The standard InChI is InChI=1S/C10H16N4O3/c1-3-6(2)12-8(15)5-14-4-7(11)9(13-14)10(16)17/h4,6H,3,5,11H2,1-2H3,(H,12,15)(H,16,17). The van der Waals surface area contributed by atoms with Crippen LogP contribution in [0.1, 0.15) is 30.8 Å². The fraction of sp³-hybridized carbons (Fsp3) is 0.500. The number of nitrogens with two attached hydrogens (primary N) is 1. The number of nitrogens with one attached hydrogen (secondary N) is 1. The van der Waals surface area contributed by atoms with E-state index in [1.807, 2.05) is 13.8 Å². The Kier molecular flexibility index (Phi) is 4.08. The van der Waals surface area contributed by atoms with Gasteiger partial charge >= 0.3 is 5.97 Å². The van der Waals surface area contributed by atoms with Gasteiger partial charge in [0.2, 0.25) is 5.91 Å². The maximum absolute atomic E-state index is 11.5. The van der Waals surface area contributed by atoms with Crippen molar-refractivity contribution in [2.24, 2.45) is 0 Å². The lowest BCUT2D eigenvalue weighted by Crippen LogP contribution is -2.34. The number of nitrogens with zero attached hydrogens (tertiary/aromatic N) is 2. The van der Waals surface area contributed by atoms with E-state index in [-0.39, 0.29) is 29.9 Å². The van der Waals surface area contributed by atoms with Crippen LogP contribution in [0, 0.1) is 0 Å². The first kappa shape index (κ1) is 13.0. The minimum absolute atomic E-state index is 0.0399. The summed E-state index contributed by atoms with van der Waals surface area (Å²) in [6.45, 7) is 3.80. The number of carboxylic acid groups (broad SMARTS) is 1. The van der Waals surface area contributed by atoms with Crippen LogP contribution in [-0.2, 0) is 11.3 Å². The number of carbonyl (C=O) groups excluding carboxylic acids is 1. The molecule has 7 nitrogen and oxygen atoms in total. The molecule has 4 N–H and O–H groups in total. The lowest BCUT2D eigenvalue weighted by atomic mass is 10.2. The molecule has 0 aliphatic rings. The molecule has 1 atom stereocenters. The van der Waals surface area contributed by atoms with Gasteiger partial charge in [-0.05, 0) is 13.3 Å². The van der Waals surface area contributed by atoms with Crippen LogP contribution < -0.4 is 11.1 Å². The molecule has 94 valence electrons. The molecule has 0 saturated heterocycles. The summed E-state index contributed by atoms with van der Waals surface area (Å²) >= 11 is 0. The second-order valence-electron chi connectivity index (χ2n) is 3.81. The number of amides is 1. The van der Waals surface area contributed by atoms with Crippen molar-refractivity contribution < 1.29 is 14.7 Å². The Labute approximate surface area is 98.6 Å². The zero-order valence-corrected chi connectivity index (χ0v) is 9.80. The monoisotopic (exact) mass is 240 g/mol. The Morgan fingerprint density at radius 1 is 1.65 bits per heavy atom. The average molecular weight is 240 g/mol. The highest BCUT2D eigenvalue weighted by Gasteiger charge is 2.15. The van der Waals surface area contributed by atoms with Crippen molar-refractivity contribution in [3.63, 3.8) is 0 Å². The van der Waals surface area contributed by atoms with E-state index in [4.69, 9.17) is 10.8 Å². The van der Waals surface area contributed by atoms with Crippen molar-refractivity contribution >= 4 is 17.6 Å². The van der Waals surface area contributed by atoms with Crippen molar-refractivity contribution in [1.29, 1.82) is 0 Å².